The minimum atomic E-state index is -3.27. The first-order valence-corrected chi connectivity index (χ1v) is 11.4. The summed E-state index contributed by atoms with van der Waals surface area (Å²) in [5, 5.41) is 0.737. The molecule has 1 aliphatic heterocycles. The molecule has 7 nitrogen and oxygen atoms in total. The van der Waals surface area contributed by atoms with E-state index in [1.807, 2.05) is 36.4 Å². The number of nitrogens with zero attached hydrogens (tertiary/aromatic N) is 3. The van der Waals surface area contributed by atoms with Gasteiger partial charge in [0.2, 0.25) is 10.0 Å². The molecule has 1 saturated heterocycles. The molecule has 3 N–H and O–H groups in total. The van der Waals surface area contributed by atoms with Crippen molar-refractivity contribution >= 4 is 33.3 Å². The van der Waals surface area contributed by atoms with Crippen molar-refractivity contribution in [2.45, 2.75) is 12.3 Å². The Kier molecular flexibility index (Phi) is 7.00. The molecular formula is C20H26ClN5O2S. The lowest BCUT2D eigenvalue weighted by atomic mass is 10.1. The summed E-state index contributed by atoms with van der Waals surface area (Å²) in [7, 11) is -1.85. The molecule has 0 atom stereocenters. The number of piperazine rings is 1. The Morgan fingerprint density at radius 2 is 1.62 bits per heavy atom. The van der Waals surface area contributed by atoms with Crippen molar-refractivity contribution in [2.24, 2.45) is 10.7 Å². The first-order chi connectivity index (χ1) is 13.9. The Balaban J connectivity index is 1.52. The zero-order valence-electron chi connectivity index (χ0n) is 16.4. The first-order valence-electron chi connectivity index (χ1n) is 9.41. The number of halogens is 1. The van der Waals surface area contributed by atoms with Gasteiger partial charge in [0.15, 0.2) is 5.96 Å². The van der Waals surface area contributed by atoms with Gasteiger partial charge in [-0.1, -0.05) is 35.9 Å². The molecule has 2 aromatic rings. The van der Waals surface area contributed by atoms with Gasteiger partial charge in [0.25, 0.3) is 0 Å². The van der Waals surface area contributed by atoms with Crippen LogP contribution in [0.25, 0.3) is 0 Å². The third kappa shape index (κ3) is 6.09. The molecule has 156 valence electrons. The van der Waals surface area contributed by atoms with E-state index in [0.29, 0.717) is 12.5 Å². The maximum atomic E-state index is 11.6. The van der Waals surface area contributed by atoms with Crippen molar-refractivity contribution in [3.63, 3.8) is 0 Å². The first kappa shape index (κ1) is 21.4. The Morgan fingerprint density at radius 1 is 1.03 bits per heavy atom. The van der Waals surface area contributed by atoms with Gasteiger partial charge in [-0.25, -0.2) is 18.1 Å². The van der Waals surface area contributed by atoms with Crippen molar-refractivity contribution in [1.29, 1.82) is 0 Å². The highest BCUT2D eigenvalue weighted by molar-refractivity contribution is 7.88. The van der Waals surface area contributed by atoms with Crippen molar-refractivity contribution in [3.8, 4) is 0 Å². The molecule has 9 heteroatoms. The van der Waals surface area contributed by atoms with E-state index in [1.54, 1.807) is 12.1 Å². The van der Waals surface area contributed by atoms with Crippen LogP contribution >= 0.6 is 11.6 Å². The highest BCUT2D eigenvalue weighted by atomic mass is 35.5. The number of rotatable bonds is 6. The van der Waals surface area contributed by atoms with Crippen LogP contribution in [0, 0.1) is 0 Å². The van der Waals surface area contributed by atoms with E-state index in [2.05, 4.69) is 19.5 Å². The van der Waals surface area contributed by atoms with Crippen LogP contribution in [0.4, 0.5) is 5.69 Å². The molecule has 0 bridgehead atoms. The second-order valence-corrected chi connectivity index (χ2v) is 9.27. The molecular weight excluding hydrogens is 410 g/mol. The van der Waals surface area contributed by atoms with Crippen LogP contribution < -0.4 is 15.4 Å². The molecule has 2 aromatic carbocycles. The van der Waals surface area contributed by atoms with Crippen molar-refractivity contribution in [3.05, 3.63) is 64.7 Å². The third-order valence-corrected chi connectivity index (χ3v) is 6.50. The van der Waals surface area contributed by atoms with Crippen molar-refractivity contribution < 1.29 is 8.42 Å². The van der Waals surface area contributed by atoms with E-state index < -0.39 is 10.0 Å². The van der Waals surface area contributed by atoms with Gasteiger partial charge in [-0.05, 0) is 42.4 Å². The zero-order chi connectivity index (χ0) is 20.9. The van der Waals surface area contributed by atoms with Crippen molar-refractivity contribution in [1.82, 2.24) is 9.62 Å². The van der Waals surface area contributed by atoms with Crippen LogP contribution in [0.2, 0.25) is 5.02 Å². The fourth-order valence-electron chi connectivity index (χ4n) is 3.15. The Morgan fingerprint density at radius 3 is 2.21 bits per heavy atom. The van der Waals surface area contributed by atoms with E-state index >= 15 is 0 Å². The Hall–Kier alpha value is -2.29. The fraction of sp³-hybridized carbons (Fsp3) is 0.350. The molecule has 1 aliphatic rings. The summed E-state index contributed by atoms with van der Waals surface area (Å²) in [6.07, 6.45) is 0. The standard InChI is InChI=1S/C20H26ClN5O2S/c1-23-29(27,28)15-17-4-2-16(3-5-17)14-24-20(22)26-12-10-25(11-13-26)19-8-6-18(21)7-9-19/h2-9,23H,10-15H2,1H3,(H2,22,24). The number of anilines is 1. The largest absolute Gasteiger partial charge is 0.370 e. The molecule has 3 rings (SSSR count). The normalized spacial score (nSPS) is 15.6. The van der Waals surface area contributed by atoms with E-state index in [1.165, 1.54) is 7.05 Å². The molecule has 0 aromatic heterocycles. The molecule has 1 heterocycles. The monoisotopic (exact) mass is 435 g/mol. The van der Waals surface area contributed by atoms with Gasteiger partial charge in [-0.2, -0.15) is 0 Å². The summed E-state index contributed by atoms with van der Waals surface area (Å²) in [4.78, 5) is 8.89. The smallest absolute Gasteiger partial charge is 0.215 e. The van der Waals surface area contributed by atoms with E-state index in [-0.39, 0.29) is 5.75 Å². The van der Waals surface area contributed by atoms with Crippen LogP contribution in [0.15, 0.2) is 53.5 Å². The van der Waals surface area contributed by atoms with Gasteiger partial charge in [0.05, 0.1) is 12.3 Å². The number of benzene rings is 2. The second-order valence-electron chi connectivity index (χ2n) is 6.90. The lowest BCUT2D eigenvalue weighted by Crippen LogP contribution is -2.51. The summed E-state index contributed by atoms with van der Waals surface area (Å²) >= 11 is 5.96. The SMILES string of the molecule is CNS(=O)(=O)Cc1ccc(CN=C(N)N2CCN(c3ccc(Cl)cc3)CC2)cc1. The predicted molar refractivity (Wildman–Crippen MR) is 119 cm³/mol. The molecule has 1 fully saturated rings. The Bertz CT molecular complexity index is 938. The van der Waals surface area contributed by atoms with Gasteiger partial charge in [0, 0.05) is 36.9 Å². The van der Waals surface area contributed by atoms with E-state index in [4.69, 9.17) is 17.3 Å². The number of nitrogens with two attached hydrogens (primary N) is 1. The molecule has 29 heavy (non-hydrogen) atoms. The van der Waals surface area contributed by atoms with Crippen LogP contribution in [0.5, 0.6) is 0 Å². The number of sulfonamides is 1. The van der Waals surface area contributed by atoms with Crippen LogP contribution in [-0.4, -0.2) is 52.5 Å². The van der Waals surface area contributed by atoms with Gasteiger partial charge in [-0.15, -0.1) is 0 Å². The minimum Gasteiger partial charge on any atom is -0.370 e. The highest BCUT2D eigenvalue weighted by Crippen LogP contribution is 2.19. The average Bonchev–Trinajstić information content (AvgIpc) is 2.73. The van der Waals surface area contributed by atoms with Crippen LogP contribution in [-0.2, 0) is 22.3 Å². The summed E-state index contributed by atoms with van der Waals surface area (Å²) in [5.41, 5.74) is 9.06. The van der Waals surface area contributed by atoms with Crippen LogP contribution in [0.1, 0.15) is 11.1 Å². The fourth-order valence-corrected chi connectivity index (χ4v) is 4.05. The topological polar surface area (TPSA) is 91.0 Å². The lowest BCUT2D eigenvalue weighted by Gasteiger charge is -2.36. The highest BCUT2D eigenvalue weighted by Gasteiger charge is 2.18. The molecule has 0 amide bonds. The second kappa shape index (κ2) is 9.47. The van der Waals surface area contributed by atoms with E-state index in [0.717, 1.165) is 48.0 Å². The number of guanidine groups is 1. The maximum absolute atomic E-state index is 11.6. The van der Waals surface area contributed by atoms with Crippen molar-refractivity contribution in [2.75, 3.05) is 38.1 Å². The molecule has 0 saturated carbocycles. The summed E-state index contributed by atoms with van der Waals surface area (Å²) in [6.45, 7) is 3.80. The average molecular weight is 436 g/mol. The summed E-state index contributed by atoms with van der Waals surface area (Å²) in [5.74, 6) is 0.496. The summed E-state index contributed by atoms with van der Waals surface area (Å²) in [6, 6.07) is 15.2. The number of aliphatic imine (C=N–C) groups is 1. The molecule has 0 radical (unpaired) electrons. The van der Waals surface area contributed by atoms with Crippen LogP contribution in [0.3, 0.4) is 0 Å². The number of hydrogen-bond donors (Lipinski definition) is 2. The third-order valence-electron chi connectivity index (χ3n) is 4.91. The van der Waals surface area contributed by atoms with E-state index in [9.17, 15) is 8.42 Å². The van der Waals surface area contributed by atoms with Gasteiger partial charge < -0.3 is 15.5 Å². The maximum Gasteiger partial charge on any atom is 0.215 e. The minimum absolute atomic E-state index is 0.0346. The predicted octanol–water partition coefficient (Wildman–Crippen LogP) is 2.03. The van der Waals surface area contributed by atoms with Gasteiger partial charge in [-0.3, -0.25) is 0 Å². The molecule has 0 unspecified atom stereocenters. The lowest BCUT2D eigenvalue weighted by molar-refractivity contribution is 0.380. The van der Waals surface area contributed by atoms with Gasteiger partial charge >= 0.3 is 0 Å². The molecule has 0 spiro atoms. The zero-order valence-corrected chi connectivity index (χ0v) is 18.0. The Labute approximate surface area is 177 Å². The number of nitrogens with one attached hydrogen (secondary N) is 1. The van der Waals surface area contributed by atoms with Gasteiger partial charge in [0.1, 0.15) is 0 Å². The summed E-state index contributed by atoms with van der Waals surface area (Å²) < 4.78 is 25.5. The number of hydrogen-bond acceptors (Lipinski definition) is 4. The quantitative estimate of drug-likeness (QED) is 0.535. The molecule has 0 aliphatic carbocycles.